The van der Waals surface area contributed by atoms with Gasteiger partial charge in [0.15, 0.2) is 0 Å². The first-order chi connectivity index (χ1) is 7.81. The first-order valence-electron chi connectivity index (χ1n) is 6.06. The Hall–Kier alpha value is -1.31. The smallest absolute Gasteiger partial charge is 0.309 e. The number of esters is 1. The summed E-state index contributed by atoms with van der Waals surface area (Å²) in [5, 5.41) is 0. The molecule has 2 unspecified atom stereocenters. The average Bonchev–Trinajstić information content (AvgIpc) is 2.33. The fraction of sp³-hybridized carbons (Fsp3) is 0.500. The molecule has 2 atom stereocenters. The number of rotatable bonds is 3. The molecule has 86 valence electrons. The van der Waals surface area contributed by atoms with E-state index in [2.05, 4.69) is 6.92 Å². The van der Waals surface area contributed by atoms with Crippen LogP contribution in [-0.2, 0) is 9.53 Å². The second-order valence-electron chi connectivity index (χ2n) is 4.40. The molecule has 1 heterocycles. The quantitative estimate of drug-likeness (QED) is 0.726. The normalized spacial score (nSPS) is 25.2. The zero-order valence-electron chi connectivity index (χ0n) is 9.69. The van der Waals surface area contributed by atoms with Crippen LogP contribution in [0.4, 0.5) is 0 Å². The first-order valence-corrected chi connectivity index (χ1v) is 6.06. The molecule has 0 saturated carbocycles. The van der Waals surface area contributed by atoms with E-state index in [1.165, 1.54) is 0 Å². The van der Waals surface area contributed by atoms with Crippen molar-refractivity contribution in [1.29, 1.82) is 0 Å². The number of hydrogen-bond acceptors (Lipinski definition) is 2. The summed E-state index contributed by atoms with van der Waals surface area (Å²) in [7, 11) is 0. The third-order valence-corrected chi connectivity index (χ3v) is 3.18. The summed E-state index contributed by atoms with van der Waals surface area (Å²) < 4.78 is 5.50. The zero-order chi connectivity index (χ0) is 11.4. The topological polar surface area (TPSA) is 26.3 Å². The summed E-state index contributed by atoms with van der Waals surface area (Å²) in [6.45, 7) is 2.11. The SMILES string of the molecule is CCCC1CCC(c2ccccc2)OC1=O. The third kappa shape index (κ3) is 2.43. The van der Waals surface area contributed by atoms with Crippen LogP contribution in [0.25, 0.3) is 0 Å². The second kappa shape index (κ2) is 5.15. The lowest BCUT2D eigenvalue weighted by atomic mass is 9.91. The standard InChI is InChI=1S/C14H18O2/c1-2-6-12-9-10-13(16-14(12)15)11-7-4-3-5-8-11/h3-5,7-8,12-13H,2,6,9-10H2,1H3. The molecule has 0 amide bonds. The van der Waals surface area contributed by atoms with E-state index < -0.39 is 0 Å². The Kier molecular flexibility index (Phi) is 3.60. The van der Waals surface area contributed by atoms with Crippen LogP contribution in [-0.4, -0.2) is 5.97 Å². The van der Waals surface area contributed by atoms with Gasteiger partial charge in [-0.3, -0.25) is 4.79 Å². The van der Waals surface area contributed by atoms with Crippen molar-refractivity contribution in [3.05, 3.63) is 35.9 Å². The molecule has 0 aromatic heterocycles. The molecule has 1 aromatic carbocycles. The van der Waals surface area contributed by atoms with Crippen molar-refractivity contribution in [1.82, 2.24) is 0 Å². The Morgan fingerprint density at radius 2 is 2.00 bits per heavy atom. The van der Waals surface area contributed by atoms with E-state index in [1.54, 1.807) is 0 Å². The van der Waals surface area contributed by atoms with Crippen molar-refractivity contribution in [3.8, 4) is 0 Å². The van der Waals surface area contributed by atoms with Crippen LogP contribution < -0.4 is 0 Å². The van der Waals surface area contributed by atoms with Gasteiger partial charge in [0.2, 0.25) is 0 Å². The molecule has 0 N–H and O–H groups in total. The van der Waals surface area contributed by atoms with E-state index in [1.807, 2.05) is 30.3 Å². The van der Waals surface area contributed by atoms with Gasteiger partial charge in [0.05, 0.1) is 5.92 Å². The maximum Gasteiger partial charge on any atom is 0.309 e. The third-order valence-electron chi connectivity index (χ3n) is 3.18. The number of carbonyl (C=O) groups excluding carboxylic acids is 1. The molecule has 16 heavy (non-hydrogen) atoms. The lowest BCUT2D eigenvalue weighted by Gasteiger charge is -2.28. The summed E-state index contributed by atoms with van der Waals surface area (Å²) in [4.78, 5) is 11.7. The summed E-state index contributed by atoms with van der Waals surface area (Å²) in [5.41, 5.74) is 1.12. The van der Waals surface area contributed by atoms with Crippen LogP contribution in [0.15, 0.2) is 30.3 Å². The van der Waals surface area contributed by atoms with Gasteiger partial charge in [-0.1, -0.05) is 43.7 Å². The van der Waals surface area contributed by atoms with Gasteiger partial charge in [-0.25, -0.2) is 0 Å². The Morgan fingerprint density at radius 1 is 1.25 bits per heavy atom. The minimum atomic E-state index is -0.0261. The second-order valence-corrected chi connectivity index (χ2v) is 4.40. The molecule has 1 saturated heterocycles. The van der Waals surface area contributed by atoms with Crippen molar-refractivity contribution >= 4 is 5.97 Å². The number of hydrogen-bond donors (Lipinski definition) is 0. The summed E-state index contributed by atoms with van der Waals surface area (Å²) in [6.07, 6.45) is 3.91. The minimum absolute atomic E-state index is 0.0121. The van der Waals surface area contributed by atoms with Gasteiger partial charge < -0.3 is 4.74 Å². The molecule has 0 bridgehead atoms. The Balaban J connectivity index is 2.00. The van der Waals surface area contributed by atoms with Crippen LogP contribution in [0.1, 0.15) is 44.3 Å². The Morgan fingerprint density at radius 3 is 2.62 bits per heavy atom. The molecule has 0 radical (unpaired) electrons. The Labute approximate surface area is 96.6 Å². The molecule has 2 rings (SSSR count). The van der Waals surface area contributed by atoms with E-state index in [0.29, 0.717) is 0 Å². The summed E-state index contributed by atoms with van der Waals surface area (Å²) >= 11 is 0. The van der Waals surface area contributed by atoms with Gasteiger partial charge in [0, 0.05) is 0 Å². The van der Waals surface area contributed by atoms with Crippen molar-refractivity contribution in [2.24, 2.45) is 5.92 Å². The van der Waals surface area contributed by atoms with Gasteiger partial charge >= 0.3 is 5.97 Å². The molecule has 0 spiro atoms. The van der Waals surface area contributed by atoms with E-state index >= 15 is 0 Å². The molecule has 2 heteroatoms. The van der Waals surface area contributed by atoms with Crippen LogP contribution in [0, 0.1) is 5.92 Å². The van der Waals surface area contributed by atoms with Crippen molar-refractivity contribution in [2.45, 2.75) is 38.7 Å². The molecule has 2 nitrogen and oxygen atoms in total. The summed E-state index contributed by atoms with van der Waals surface area (Å²) in [5.74, 6) is 0.118. The molecular formula is C14H18O2. The zero-order valence-corrected chi connectivity index (χ0v) is 9.69. The van der Waals surface area contributed by atoms with E-state index in [4.69, 9.17) is 4.74 Å². The average molecular weight is 218 g/mol. The van der Waals surface area contributed by atoms with Gasteiger partial charge in [-0.05, 0) is 24.8 Å². The minimum Gasteiger partial charge on any atom is -0.457 e. The van der Waals surface area contributed by atoms with Crippen molar-refractivity contribution < 1.29 is 9.53 Å². The maximum absolute atomic E-state index is 11.7. The molecule has 1 fully saturated rings. The molecule has 1 aliphatic rings. The van der Waals surface area contributed by atoms with Gasteiger partial charge in [0.25, 0.3) is 0 Å². The Bertz CT molecular complexity index is 345. The monoisotopic (exact) mass is 218 g/mol. The molecule has 0 aliphatic carbocycles. The predicted molar refractivity (Wildman–Crippen MR) is 62.9 cm³/mol. The van der Waals surface area contributed by atoms with Gasteiger partial charge in [-0.15, -0.1) is 0 Å². The van der Waals surface area contributed by atoms with Crippen molar-refractivity contribution in [2.75, 3.05) is 0 Å². The fourth-order valence-corrected chi connectivity index (χ4v) is 2.28. The first kappa shape index (κ1) is 11.2. The number of cyclic esters (lactones) is 1. The van der Waals surface area contributed by atoms with Gasteiger partial charge in [0.1, 0.15) is 6.10 Å². The van der Waals surface area contributed by atoms with Crippen LogP contribution in [0.3, 0.4) is 0 Å². The van der Waals surface area contributed by atoms with E-state index in [-0.39, 0.29) is 18.0 Å². The predicted octanol–water partition coefficient (Wildman–Crippen LogP) is 3.48. The van der Waals surface area contributed by atoms with Crippen molar-refractivity contribution in [3.63, 3.8) is 0 Å². The molecular weight excluding hydrogens is 200 g/mol. The molecule has 1 aromatic rings. The van der Waals surface area contributed by atoms with Gasteiger partial charge in [-0.2, -0.15) is 0 Å². The highest BCUT2D eigenvalue weighted by atomic mass is 16.5. The van der Waals surface area contributed by atoms with E-state index in [0.717, 1.165) is 31.2 Å². The number of benzene rings is 1. The number of ether oxygens (including phenoxy) is 1. The van der Waals surface area contributed by atoms with E-state index in [9.17, 15) is 4.79 Å². The highest BCUT2D eigenvalue weighted by molar-refractivity contribution is 5.73. The lowest BCUT2D eigenvalue weighted by Crippen LogP contribution is -2.26. The largest absolute Gasteiger partial charge is 0.457 e. The lowest BCUT2D eigenvalue weighted by molar-refractivity contribution is -0.161. The highest BCUT2D eigenvalue weighted by Gasteiger charge is 2.29. The maximum atomic E-state index is 11.7. The highest BCUT2D eigenvalue weighted by Crippen LogP contribution is 2.32. The number of carbonyl (C=O) groups is 1. The van der Waals surface area contributed by atoms with Crippen LogP contribution >= 0.6 is 0 Å². The van der Waals surface area contributed by atoms with Crippen LogP contribution in [0.5, 0.6) is 0 Å². The van der Waals surface area contributed by atoms with Crippen LogP contribution in [0.2, 0.25) is 0 Å². The fourth-order valence-electron chi connectivity index (χ4n) is 2.28. The summed E-state index contributed by atoms with van der Waals surface area (Å²) in [6, 6.07) is 10.0. The molecule has 1 aliphatic heterocycles.